The highest BCUT2D eigenvalue weighted by molar-refractivity contribution is 8.00. The predicted molar refractivity (Wildman–Crippen MR) is 116 cm³/mol. The zero-order valence-corrected chi connectivity index (χ0v) is 19.4. The summed E-state index contributed by atoms with van der Waals surface area (Å²) in [5, 5.41) is 1.87. The zero-order chi connectivity index (χ0) is 20.6. The van der Waals surface area contributed by atoms with Crippen molar-refractivity contribution in [3.05, 3.63) is 16.3 Å². The highest BCUT2D eigenvalue weighted by Gasteiger charge is 2.36. The van der Waals surface area contributed by atoms with E-state index in [4.69, 9.17) is 0 Å². The summed E-state index contributed by atoms with van der Waals surface area (Å²) in [4.78, 5) is 26.2. The molecule has 0 spiro atoms. The van der Waals surface area contributed by atoms with Gasteiger partial charge in [-0.25, -0.2) is 18.4 Å². The van der Waals surface area contributed by atoms with Crippen LogP contribution in [-0.4, -0.2) is 58.5 Å². The summed E-state index contributed by atoms with van der Waals surface area (Å²) >= 11 is 3.08. The Bertz CT molecular complexity index is 1000. The van der Waals surface area contributed by atoms with Gasteiger partial charge in [0.15, 0.2) is 9.84 Å². The minimum absolute atomic E-state index is 0.0173. The number of amides is 1. The average Bonchev–Trinajstić information content (AvgIpc) is 3.11. The fraction of sp³-hybridized carbons (Fsp3) is 0.632. The van der Waals surface area contributed by atoms with Crippen molar-refractivity contribution in [2.45, 2.75) is 64.6 Å². The van der Waals surface area contributed by atoms with Crippen molar-refractivity contribution in [1.82, 2.24) is 14.9 Å². The number of rotatable bonds is 6. The quantitative estimate of drug-likeness (QED) is 0.504. The Morgan fingerprint density at radius 1 is 1.32 bits per heavy atom. The van der Waals surface area contributed by atoms with E-state index in [1.165, 1.54) is 16.6 Å². The summed E-state index contributed by atoms with van der Waals surface area (Å²) in [6.45, 7) is 10.0. The largest absolute Gasteiger partial charge is 0.335 e. The van der Waals surface area contributed by atoms with E-state index in [0.717, 1.165) is 27.2 Å². The molecule has 3 rings (SSSR count). The lowest BCUT2D eigenvalue weighted by Gasteiger charge is -2.33. The molecule has 154 valence electrons. The molecule has 2 aromatic rings. The van der Waals surface area contributed by atoms with Crippen molar-refractivity contribution in [2.75, 3.05) is 17.3 Å². The van der Waals surface area contributed by atoms with Crippen molar-refractivity contribution in [1.29, 1.82) is 0 Å². The minimum Gasteiger partial charge on any atom is -0.335 e. The monoisotopic (exact) mass is 441 g/mol. The Morgan fingerprint density at radius 2 is 2.04 bits per heavy atom. The normalized spacial score (nSPS) is 19.8. The summed E-state index contributed by atoms with van der Waals surface area (Å²) in [6, 6.07) is -0.200. The highest BCUT2D eigenvalue weighted by Crippen LogP contribution is 2.35. The number of thioether (sulfide) groups is 1. The third-order valence-electron chi connectivity index (χ3n) is 5.40. The minimum atomic E-state index is -3.04. The summed E-state index contributed by atoms with van der Waals surface area (Å²) < 4.78 is 23.8. The third-order valence-corrected chi connectivity index (χ3v) is 9.21. The van der Waals surface area contributed by atoms with E-state index in [1.807, 2.05) is 20.8 Å². The maximum atomic E-state index is 13.1. The number of hydrogen-bond donors (Lipinski definition) is 0. The van der Waals surface area contributed by atoms with Crippen molar-refractivity contribution >= 4 is 49.1 Å². The number of sulfone groups is 1. The van der Waals surface area contributed by atoms with Gasteiger partial charge in [0.25, 0.3) is 0 Å². The Kier molecular flexibility index (Phi) is 6.36. The Balaban J connectivity index is 1.83. The third kappa shape index (κ3) is 4.36. The summed E-state index contributed by atoms with van der Waals surface area (Å²) in [6.07, 6.45) is 1.33. The van der Waals surface area contributed by atoms with Gasteiger partial charge in [0.05, 0.1) is 17.3 Å². The van der Waals surface area contributed by atoms with Crippen LogP contribution in [0.5, 0.6) is 0 Å². The fourth-order valence-corrected chi connectivity index (χ4v) is 7.48. The zero-order valence-electron chi connectivity index (χ0n) is 17.0. The second kappa shape index (κ2) is 8.28. The number of fused-ring (bicyclic) bond motifs is 1. The second-order valence-corrected chi connectivity index (χ2v) is 11.8. The molecule has 28 heavy (non-hydrogen) atoms. The first kappa shape index (κ1) is 21.5. The lowest BCUT2D eigenvalue weighted by atomic mass is 10.1. The predicted octanol–water partition coefficient (Wildman–Crippen LogP) is 3.52. The number of aromatic nitrogens is 2. The number of nitrogens with zero attached hydrogens (tertiary/aromatic N) is 3. The van der Waals surface area contributed by atoms with Gasteiger partial charge >= 0.3 is 0 Å². The van der Waals surface area contributed by atoms with Crippen molar-refractivity contribution in [2.24, 2.45) is 0 Å². The Labute approximate surface area is 175 Å². The molecule has 3 heterocycles. The number of carbonyl (C=O) groups is 1. The smallest absolute Gasteiger partial charge is 0.233 e. The van der Waals surface area contributed by atoms with E-state index in [0.29, 0.717) is 12.2 Å². The topological polar surface area (TPSA) is 80.2 Å². The molecule has 1 amide bonds. The molecule has 0 N–H and O–H groups in total. The maximum Gasteiger partial charge on any atom is 0.233 e. The van der Waals surface area contributed by atoms with Gasteiger partial charge in [0.1, 0.15) is 15.7 Å². The fourth-order valence-electron chi connectivity index (χ4n) is 3.62. The van der Waals surface area contributed by atoms with E-state index < -0.39 is 9.84 Å². The van der Waals surface area contributed by atoms with Gasteiger partial charge in [-0.15, -0.1) is 11.3 Å². The van der Waals surface area contributed by atoms with Crippen LogP contribution in [0.15, 0.2) is 5.03 Å². The summed E-state index contributed by atoms with van der Waals surface area (Å²) in [5.41, 5.74) is 1.16. The molecule has 0 radical (unpaired) electrons. The van der Waals surface area contributed by atoms with Gasteiger partial charge in [-0.2, -0.15) is 0 Å². The van der Waals surface area contributed by atoms with Crippen LogP contribution in [0, 0.1) is 20.8 Å². The van der Waals surface area contributed by atoms with Gasteiger partial charge in [-0.05, 0) is 46.1 Å². The lowest BCUT2D eigenvalue weighted by molar-refractivity contribution is -0.132. The molecule has 0 aromatic carbocycles. The molecule has 1 saturated heterocycles. The Hall–Kier alpha value is -1.19. The summed E-state index contributed by atoms with van der Waals surface area (Å²) in [5.74, 6) is 1.18. The van der Waals surface area contributed by atoms with Crippen LogP contribution in [0.1, 0.15) is 43.0 Å². The molecule has 9 heteroatoms. The molecule has 6 nitrogen and oxygen atoms in total. The van der Waals surface area contributed by atoms with E-state index in [2.05, 4.69) is 23.8 Å². The van der Waals surface area contributed by atoms with Gasteiger partial charge in [-0.1, -0.05) is 18.7 Å². The molecule has 0 saturated carbocycles. The van der Waals surface area contributed by atoms with Crippen LogP contribution in [0.3, 0.4) is 0 Å². The van der Waals surface area contributed by atoms with E-state index in [1.54, 1.807) is 16.2 Å². The van der Waals surface area contributed by atoms with Crippen molar-refractivity contribution in [3.63, 3.8) is 0 Å². The van der Waals surface area contributed by atoms with Crippen LogP contribution < -0.4 is 0 Å². The van der Waals surface area contributed by atoms with Crippen LogP contribution in [0.25, 0.3) is 10.2 Å². The second-order valence-electron chi connectivity index (χ2n) is 7.44. The van der Waals surface area contributed by atoms with Gasteiger partial charge in [0, 0.05) is 22.3 Å². The van der Waals surface area contributed by atoms with Crippen LogP contribution in [0.2, 0.25) is 0 Å². The molecule has 1 aliphatic heterocycles. The molecule has 2 aromatic heterocycles. The standard InChI is InChI=1S/C19H27N3O3S3/c1-6-11(2)22(15-7-8-28(24,25)10-15)16(23)9-26-18-17-12(3)13(4)27-19(17)21-14(5)20-18/h11,15H,6-10H2,1-5H3/t11-,15+/m0/s1. The first-order valence-electron chi connectivity index (χ1n) is 9.51. The van der Waals surface area contributed by atoms with Crippen LogP contribution in [-0.2, 0) is 14.6 Å². The molecule has 1 aliphatic rings. The number of thiophene rings is 1. The average molecular weight is 442 g/mol. The first-order valence-corrected chi connectivity index (χ1v) is 13.1. The molecule has 0 aliphatic carbocycles. The van der Waals surface area contributed by atoms with E-state index >= 15 is 0 Å². The van der Waals surface area contributed by atoms with Crippen molar-refractivity contribution in [3.8, 4) is 0 Å². The maximum absolute atomic E-state index is 13.1. The molecule has 1 fully saturated rings. The first-order chi connectivity index (χ1) is 13.1. The van der Waals surface area contributed by atoms with Crippen LogP contribution >= 0.6 is 23.1 Å². The van der Waals surface area contributed by atoms with E-state index in [-0.39, 0.29) is 35.2 Å². The van der Waals surface area contributed by atoms with Gasteiger partial charge < -0.3 is 4.90 Å². The molecular formula is C19H27N3O3S3. The lowest BCUT2D eigenvalue weighted by Crippen LogP contribution is -2.47. The van der Waals surface area contributed by atoms with Crippen LogP contribution in [0.4, 0.5) is 0 Å². The van der Waals surface area contributed by atoms with Gasteiger partial charge in [0.2, 0.25) is 5.91 Å². The molecule has 0 bridgehead atoms. The molecular weight excluding hydrogens is 414 g/mol. The van der Waals surface area contributed by atoms with Crippen molar-refractivity contribution < 1.29 is 13.2 Å². The molecule has 2 atom stereocenters. The Morgan fingerprint density at radius 3 is 2.64 bits per heavy atom. The molecule has 0 unspecified atom stereocenters. The highest BCUT2D eigenvalue weighted by atomic mass is 32.2. The number of carbonyl (C=O) groups excluding carboxylic acids is 1. The van der Waals surface area contributed by atoms with Gasteiger partial charge in [-0.3, -0.25) is 4.79 Å². The SMILES string of the molecule is CC[C@H](C)N(C(=O)CSc1nc(C)nc2sc(C)c(C)c12)[C@@H]1CCS(=O)(=O)C1. The summed E-state index contributed by atoms with van der Waals surface area (Å²) in [7, 11) is -3.04. The van der Waals surface area contributed by atoms with E-state index in [9.17, 15) is 13.2 Å². The number of aryl methyl sites for hydroxylation is 3. The number of hydrogen-bond acceptors (Lipinski definition) is 7.